The summed E-state index contributed by atoms with van der Waals surface area (Å²) in [6.07, 6.45) is 0.244. The Morgan fingerprint density at radius 1 is 0.767 bits per heavy atom. The molecule has 2 amide bonds. The van der Waals surface area contributed by atoms with Crippen LogP contribution in [0.4, 0.5) is 5.69 Å². The number of anilines is 1. The molecule has 0 heterocycles. The van der Waals surface area contributed by atoms with E-state index in [2.05, 4.69) is 5.32 Å². The Bertz CT molecular complexity index is 1610. The Balaban J connectivity index is 1.79. The first kappa shape index (κ1) is 31.8. The quantitative estimate of drug-likeness (QED) is 0.221. The highest BCUT2D eigenvalue weighted by molar-refractivity contribution is 7.92. The Labute approximate surface area is 259 Å². The van der Waals surface area contributed by atoms with Gasteiger partial charge in [0.2, 0.25) is 11.8 Å². The van der Waals surface area contributed by atoms with Crippen LogP contribution in [0.15, 0.2) is 120 Å². The Morgan fingerprint density at radius 3 is 1.81 bits per heavy atom. The van der Waals surface area contributed by atoms with Crippen molar-refractivity contribution in [2.75, 3.05) is 10.8 Å². The second kappa shape index (κ2) is 13.9. The molecule has 1 N–H and O–H groups in total. The molecule has 0 radical (unpaired) electrons. The molecule has 0 aromatic heterocycles. The molecule has 0 bridgehead atoms. The normalized spacial score (nSPS) is 12.3. The molecular formula is C34H36ClN3O4S. The van der Waals surface area contributed by atoms with E-state index in [4.69, 9.17) is 11.6 Å². The van der Waals surface area contributed by atoms with Crippen LogP contribution >= 0.6 is 11.6 Å². The summed E-state index contributed by atoms with van der Waals surface area (Å²) in [5.74, 6) is -0.854. The van der Waals surface area contributed by atoms with E-state index in [0.29, 0.717) is 5.02 Å². The lowest BCUT2D eigenvalue weighted by Crippen LogP contribution is -2.56. The van der Waals surface area contributed by atoms with E-state index < -0.39 is 34.1 Å². The molecule has 1 unspecified atom stereocenters. The van der Waals surface area contributed by atoms with E-state index in [-0.39, 0.29) is 29.5 Å². The van der Waals surface area contributed by atoms with Crippen LogP contribution in [0.2, 0.25) is 5.02 Å². The summed E-state index contributed by atoms with van der Waals surface area (Å²) >= 11 is 6.11. The van der Waals surface area contributed by atoms with E-state index in [1.807, 2.05) is 81.4 Å². The van der Waals surface area contributed by atoms with Gasteiger partial charge in [-0.2, -0.15) is 0 Å². The average Bonchev–Trinajstić information content (AvgIpc) is 2.98. The van der Waals surface area contributed by atoms with Crippen molar-refractivity contribution in [2.45, 2.75) is 50.2 Å². The summed E-state index contributed by atoms with van der Waals surface area (Å²) in [7, 11) is -4.16. The topological polar surface area (TPSA) is 86.8 Å². The molecule has 4 aromatic carbocycles. The van der Waals surface area contributed by atoms with Crippen LogP contribution in [-0.2, 0) is 32.6 Å². The zero-order chi connectivity index (χ0) is 31.0. The largest absolute Gasteiger partial charge is 0.350 e. The molecule has 0 aliphatic carbocycles. The Morgan fingerprint density at radius 2 is 1.28 bits per heavy atom. The number of hydrogen-bond acceptors (Lipinski definition) is 4. The van der Waals surface area contributed by atoms with Crippen LogP contribution in [0, 0.1) is 0 Å². The van der Waals surface area contributed by atoms with Gasteiger partial charge in [0.05, 0.1) is 10.6 Å². The fourth-order valence-corrected chi connectivity index (χ4v) is 6.20. The number of benzene rings is 4. The number of hydrogen-bond donors (Lipinski definition) is 1. The molecule has 0 aliphatic rings. The molecule has 1 atom stereocenters. The van der Waals surface area contributed by atoms with Gasteiger partial charge in [0.15, 0.2) is 0 Å². The van der Waals surface area contributed by atoms with Gasteiger partial charge in [0, 0.05) is 23.5 Å². The minimum absolute atomic E-state index is 0.0404. The third-order valence-electron chi connectivity index (χ3n) is 6.69. The standard InChI is InChI=1S/C34H36ClN3O4S/c1-34(2,3)36-33(40)31(23-26-13-7-4-8-14-26)37(24-27-15-9-5-10-16-27)32(39)25-38(29-21-19-28(35)20-22-29)43(41,42)30-17-11-6-12-18-30/h4-22,31H,23-25H2,1-3H3,(H,36,40). The third-order valence-corrected chi connectivity index (χ3v) is 8.73. The monoisotopic (exact) mass is 617 g/mol. The highest BCUT2D eigenvalue weighted by atomic mass is 35.5. The number of nitrogens with zero attached hydrogens (tertiary/aromatic N) is 2. The lowest BCUT2D eigenvalue weighted by Gasteiger charge is -2.35. The van der Waals surface area contributed by atoms with Crippen LogP contribution in [0.25, 0.3) is 0 Å². The summed E-state index contributed by atoms with van der Waals surface area (Å²) < 4.78 is 29.0. The van der Waals surface area contributed by atoms with Crippen molar-refractivity contribution in [2.24, 2.45) is 0 Å². The molecule has 0 spiro atoms. The maximum absolute atomic E-state index is 14.4. The second-order valence-corrected chi connectivity index (χ2v) is 13.6. The van der Waals surface area contributed by atoms with Crippen LogP contribution in [0.3, 0.4) is 0 Å². The molecular weight excluding hydrogens is 582 g/mol. The minimum atomic E-state index is -4.16. The van der Waals surface area contributed by atoms with Crippen LogP contribution < -0.4 is 9.62 Å². The first-order valence-electron chi connectivity index (χ1n) is 14.0. The molecule has 7 nitrogen and oxygen atoms in total. The van der Waals surface area contributed by atoms with Crippen molar-refractivity contribution < 1.29 is 18.0 Å². The van der Waals surface area contributed by atoms with Crippen LogP contribution in [-0.4, -0.2) is 43.3 Å². The minimum Gasteiger partial charge on any atom is -0.350 e. The van der Waals surface area contributed by atoms with Crippen molar-refractivity contribution in [1.29, 1.82) is 0 Å². The van der Waals surface area contributed by atoms with E-state index in [9.17, 15) is 18.0 Å². The zero-order valence-corrected chi connectivity index (χ0v) is 26.1. The van der Waals surface area contributed by atoms with Crippen LogP contribution in [0.1, 0.15) is 31.9 Å². The van der Waals surface area contributed by atoms with E-state index in [1.165, 1.54) is 17.0 Å². The number of amides is 2. The predicted molar refractivity (Wildman–Crippen MR) is 171 cm³/mol. The maximum Gasteiger partial charge on any atom is 0.264 e. The SMILES string of the molecule is CC(C)(C)NC(=O)C(Cc1ccccc1)N(Cc1ccccc1)C(=O)CN(c1ccc(Cl)cc1)S(=O)(=O)c1ccccc1. The zero-order valence-electron chi connectivity index (χ0n) is 24.5. The third kappa shape index (κ3) is 8.69. The molecule has 0 saturated heterocycles. The fraction of sp³-hybridized carbons (Fsp3) is 0.235. The number of nitrogens with one attached hydrogen (secondary N) is 1. The lowest BCUT2D eigenvalue weighted by atomic mass is 10.0. The van der Waals surface area contributed by atoms with Gasteiger partial charge < -0.3 is 10.2 Å². The first-order chi connectivity index (χ1) is 20.4. The molecule has 0 saturated carbocycles. The lowest BCUT2D eigenvalue weighted by molar-refractivity contribution is -0.140. The second-order valence-electron chi connectivity index (χ2n) is 11.3. The Kier molecular flexibility index (Phi) is 10.3. The van der Waals surface area contributed by atoms with E-state index >= 15 is 0 Å². The van der Waals surface area contributed by atoms with Gasteiger partial charge in [-0.25, -0.2) is 8.42 Å². The molecule has 43 heavy (non-hydrogen) atoms. The van der Waals surface area contributed by atoms with Gasteiger partial charge in [-0.05, 0) is 68.3 Å². The molecule has 0 aliphatic heterocycles. The number of carbonyl (C=O) groups is 2. The first-order valence-corrected chi connectivity index (χ1v) is 15.8. The molecule has 4 aromatic rings. The highest BCUT2D eigenvalue weighted by Gasteiger charge is 2.35. The molecule has 0 fully saturated rings. The maximum atomic E-state index is 14.4. The molecule has 224 valence electrons. The molecule has 4 rings (SSSR count). The summed E-state index contributed by atoms with van der Waals surface area (Å²) in [6, 6.07) is 32.1. The summed E-state index contributed by atoms with van der Waals surface area (Å²) in [5, 5.41) is 3.46. The number of sulfonamides is 1. The summed E-state index contributed by atoms with van der Waals surface area (Å²) in [6.45, 7) is 5.21. The van der Waals surface area contributed by atoms with Crippen LogP contribution in [0.5, 0.6) is 0 Å². The molecule has 9 heteroatoms. The van der Waals surface area contributed by atoms with Crippen molar-refractivity contribution >= 4 is 39.1 Å². The van der Waals surface area contributed by atoms with Crippen molar-refractivity contribution in [3.8, 4) is 0 Å². The smallest absolute Gasteiger partial charge is 0.264 e. The number of carbonyl (C=O) groups excluding carboxylic acids is 2. The Hall–Kier alpha value is -4.14. The van der Waals surface area contributed by atoms with E-state index in [0.717, 1.165) is 15.4 Å². The van der Waals surface area contributed by atoms with Gasteiger partial charge in [0.25, 0.3) is 10.0 Å². The van der Waals surface area contributed by atoms with Gasteiger partial charge in [-0.3, -0.25) is 13.9 Å². The van der Waals surface area contributed by atoms with Crippen molar-refractivity contribution in [3.05, 3.63) is 131 Å². The van der Waals surface area contributed by atoms with Crippen molar-refractivity contribution in [3.63, 3.8) is 0 Å². The van der Waals surface area contributed by atoms with Crippen molar-refractivity contribution in [1.82, 2.24) is 10.2 Å². The summed E-state index contributed by atoms with van der Waals surface area (Å²) in [5.41, 5.74) is 1.40. The van der Waals surface area contributed by atoms with Gasteiger partial charge in [0.1, 0.15) is 12.6 Å². The van der Waals surface area contributed by atoms with Gasteiger partial charge >= 0.3 is 0 Å². The predicted octanol–water partition coefficient (Wildman–Crippen LogP) is 6.09. The number of halogens is 1. The van der Waals surface area contributed by atoms with Gasteiger partial charge in [-0.1, -0.05) is 90.5 Å². The fourth-order valence-electron chi connectivity index (χ4n) is 4.64. The van der Waals surface area contributed by atoms with Gasteiger partial charge in [-0.15, -0.1) is 0 Å². The van der Waals surface area contributed by atoms with E-state index in [1.54, 1.807) is 42.5 Å². The summed E-state index contributed by atoms with van der Waals surface area (Å²) in [4.78, 5) is 29.8. The average molecular weight is 618 g/mol. The highest BCUT2D eigenvalue weighted by Crippen LogP contribution is 2.26. The number of rotatable bonds is 11.